The maximum absolute atomic E-state index is 6.50. The van der Waals surface area contributed by atoms with E-state index in [1.165, 1.54) is 0 Å². The van der Waals surface area contributed by atoms with Gasteiger partial charge in [0.25, 0.3) is 0 Å². The first-order chi connectivity index (χ1) is 1.00. The fourth-order valence-electron chi connectivity index (χ4n) is 0. The first-order valence-electron chi connectivity index (χ1n) is 0.258. The minimum atomic E-state index is 0. The number of nitriles is 1. The summed E-state index contributed by atoms with van der Waals surface area (Å²) in [5, 5.41) is 6.50. The van der Waals surface area contributed by atoms with Gasteiger partial charge in [-0.15, -0.1) is 0 Å². The van der Waals surface area contributed by atoms with Crippen LogP contribution >= 0.6 is 0 Å². The summed E-state index contributed by atoms with van der Waals surface area (Å²) in [6.07, 6.45) is 0. The predicted octanol–water partition coefficient (Wildman–Crippen LogP) is -0.644. The van der Waals surface area contributed by atoms with E-state index in [0.717, 1.165) is 0 Å². The topological polar surface area (TPSA) is 23.8 Å². The van der Waals surface area contributed by atoms with Crippen molar-refractivity contribution in [2.45, 2.75) is 0 Å². The van der Waals surface area contributed by atoms with Gasteiger partial charge in [0.1, 0.15) is 0 Å². The Bertz CT molecular complexity index is 16.4. The van der Waals surface area contributed by atoms with Crippen LogP contribution in [0, 0.1) is 11.8 Å². The van der Waals surface area contributed by atoms with E-state index in [-0.39, 0.29) is 39.4 Å². The number of nitrogens with zero attached hydrogens (tertiary/aromatic N) is 1. The summed E-state index contributed by atoms with van der Waals surface area (Å²) >= 11 is 0. The van der Waals surface area contributed by atoms with Crippen LogP contribution in [-0.2, 0) is 0 Å². The number of hydrogen-bond donors (Lipinski definition) is 0. The summed E-state index contributed by atoms with van der Waals surface area (Å²) < 4.78 is 0. The van der Waals surface area contributed by atoms with Gasteiger partial charge in [-0.2, -0.15) is 0 Å². The normalized spacial score (nSPS) is 0.500. The van der Waals surface area contributed by atoms with Crippen molar-refractivity contribution in [2.24, 2.45) is 0 Å². The van der Waals surface area contributed by atoms with E-state index >= 15 is 0 Å². The van der Waals surface area contributed by atoms with Crippen LogP contribution < -0.4 is 0 Å². The van der Waals surface area contributed by atoms with E-state index in [4.69, 9.17) is 5.26 Å². The standard InChI is InChI=1S/CHN.B.Na.H2.H/c1-2;;;;/h1H;;;1H;. The molecule has 0 amide bonds. The van der Waals surface area contributed by atoms with Crippen molar-refractivity contribution >= 4 is 38.0 Å². The molecule has 0 spiro atoms. The second-order valence-corrected chi connectivity index (χ2v) is 0. The molecule has 0 aromatic rings. The van der Waals surface area contributed by atoms with Crippen LogP contribution in [0.3, 0.4) is 0 Å². The molecular weight excluding hydrogens is 59.8 g/mol. The average molecular weight is 63.9 g/mol. The first-order valence-corrected chi connectivity index (χ1v) is 0.258. The van der Waals surface area contributed by atoms with Gasteiger partial charge in [0, 0.05) is 16.4 Å². The molecule has 1 nitrogen and oxygen atoms in total. The molecular formula is CH4BNNa. The SMILES string of the molecule is C#N.[B].[HH].[NaH]. The van der Waals surface area contributed by atoms with Crippen LogP contribution in [0.5, 0.6) is 0 Å². The summed E-state index contributed by atoms with van der Waals surface area (Å²) in [6.45, 7) is 3.50. The third kappa shape index (κ3) is 20.1. The van der Waals surface area contributed by atoms with Crippen LogP contribution in [0.2, 0.25) is 0 Å². The zero-order chi connectivity index (χ0) is 2.00. The zero-order valence-electron chi connectivity index (χ0n) is 1.60. The van der Waals surface area contributed by atoms with E-state index in [1.807, 2.05) is 0 Å². The van der Waals surface area contributed by atoms with E-state index < -0.39 is 0 Å². The van der Waals surface area contributed by atoms with Crippen LogP contribution in [0.4, 0.5) is 0 Å². The monoisotopic (exact) mass is 64.0 g/mol. The van der Waals surface area contributed by atoms with Crippen molar-refractivity contribution in [3.8, 4) is 6.57 Å². The third-order valence-electron chi connectivity index (χ3n) is 0. The molecule has 0 unspecified atom stereocenters. The Labute approximate surface area is 51.4 Å². The average Bonchev–Trinajstić information content (AvgIpc) is 1.00. The van der Waals surface area contributed by atoms with Crippen LogP contribution in [0.25, 0.3) is 0 Å². The van der Waals surface area contributed by atoms with Crippen molar-refractivity contribution in [3.05, 3.63) is 0 Å². The predicted molar refractivity (Wildman–Crippen MR) is 21.7 cm³/mol. The van der Waals surface area contributed by atoms with E-state index in [1.54, 1.807) is 0 Å². The van der Waals surface area contributed by atoms with Gasteiger partial charge in [-0.05, 0) is 0 Å². The van der Waals surface area contributed by atoms with E-state index in [9.17, 15) is 0 Å². The molecule has 0 N–H and O–H groups in total. The van der Waals surface area contributed by atoms with Crippen molar-refractivity contribution in [1.82, 2.24) is 0 Å². The molecule has 0 aliphatic carbocycles. The quantitative estimate of drug-likeness (QED) is 0.343. The van der Waals surface area contributed by atoms with Crippen molar-refractivity contribution in [3.63, 3.8) is 0 Å². The second kappa shape index (κ2) is 75.4. The molecule has 0 aliphatic rings. The van der Waals surface area contributed by atoms with Gasteiger partial charge in [0.15, 0.2) is 0 Å². The van der Waals surface area contributed by atoms with Gasteiger partial charge in [0.05, 0.1) is 0 Å². The Kier molecular flexibility index (Phi) is 449. The molecule has 0 atom stereocenters. The first kappa shape index (κ1) is 23.8. The molecule has 0 heterocycles. The van der Waals surface area contributed by atoms with Gasteiger partial charge >= 0.3 is 29.6 Å². The molecule has 0 bridgehead atoms. The summed E-state index contributed by atoms with van der Waals surface area (Å²) in [4.78, 5) is 0. The van der Waals surface area contributed by atoms with Gasteiger partial charge in [-0.25, -0.2) is 5.26 Å². The maximum atomic E-state index is 6.50. The molecule has 17 valence electrons. The molecule has 0 aliphatic heterocycles. The molecule has 0 aromatic carbocycles. The minimum absolute atomic E-state index is 0. The Balaban J connectivity index is -0.00000000167. The summed E-state index contributed by atoms with van der Waals surface area (Å²) in [5.41, 5.74) is 0. The molecule has 0 saturated heterocycles. The Hall–Kier alpha value is 0.555. The number of hydrogen-bond acceptors (Lipinski definition) is 1. The summed E-state index contributed by atoms with van der Waals surface area (Å²) in [7, 11) is 0. The number of rotatable bonds is 0. The van der Waals surface area contributed by atoms with Crippen molar-refractivity contribution in [1.29, 1.82) is 5.26 Å². The third-order valence-corrected chi connectivity index (χ3v) is 0. The van der Waals surface area contributed by atoms with Gasteiger partial charge in [-0.3, -0.25) is 0 Å². The molecule has 0 fully saturated rings. The fraction of sp³-hybridized carbons (Fsp3) is 0. The van der Waals surface area contributed by atoms with Crippen LogP contribution in [0.1, 0.15) is 1.43 Å². The molecule has 3 heteroatoms. The second-order valence-electron chi connectivity index (χ2n) is 0. The van der Waals surface area contributed by atoms with Gasteiger partial charge < -0.3 is 0 Å². The molecule has 4 heavy (non-hydrogen) atoms. The van der Waals surface area contributed by atoms with E-state index in [2.05, 4.69) is 6.57 Å². The van der Waals surface area contributed by atoms with Crippen molar-refractivity contribution in [2.75, 3.05) is 0 Å². The van der Waals surface area contributed by atoms with Crippen LogP contribution in [0.15, 0.2) is 0 Å². The summed E-state index contributed by atoms with van der Waals surface area (Å²) in [6, 6.07) is 0. The molecule has 0 saturated carbocycles. The Morgan fingerprint density at radius 2 is 1.50 bits per heavy atom. The summed E-state index contributed by atoms with van der Waals surface area (Å²) in [5.74, 6) is 0. The van der Waals surface area contributed by atoms with Crippen LogP contribution in [-0.4, -0.2) is 38.0 Å². The van der Waals surface area contributed by atoms with Crippen molar-refractivity contribution < 1.29 is 1.43 Å². The Morgan fingerprint density at radius 3 is 1.50 bits per heavy atom. The fourth-order valence-corrected chi connectivity index (χ4v) is 0. The molecule has 0 rings (SSSR count). The van der Waals surface area contributed by atoms with Gasteiger partial charge in [0.2, 0.25) is 0 Å². The van der Waals surface area contributed by atoms with E-state index in [0.29, 0.717) is 0 Å². The molecule has 3 radical (unpaired) electrons. The zero-order valence-corrected chi connectivity index (χ0v) is 1.60. The van der Waals surface area contributed by atoms with Gasteiger partial charge in [-0.1, -0.05) is 0 Å². The Morgan fingerprint density at radius 1 is 1.50 bits per heavy atom. The molecule has 0 aromatic heterocycles.